The van der Waals surface area contributed by atoms with Crippen LogP contribution in [-0.2, 0) is 5.31 Å². The van der Waals surface area contributed by atoms with Crippen LogP contribution in [0.4, 0.5) is 0 Å². The van der Waals surface area contributed by atoms with Crippen LogP contribution in [0.15, 0.2) is 60.7 Å². The van der Waals surface area contributed by atoms with Crippen molar-refractivity contribution < 1.29 is 0 Å². The summed E-state index contributed by atoms with van der Waals surface area (Å²) in [6, 6.07) is 26.5. The van der Waals surface area contributed by atoms with Crippen LogP contribution in [0, 0.1) is 47.3 Å². The Labute approximate surface area is 269 Å². The van der Waals surface area contributed by atoms with Gasteiger partial charge in [-0.15, -0.1) is 0 Å². The lowest BCUT2D eigenvalue weighted by Crippen LogP contribution is -2.57. The molecule has 2 aromatic carbocycles. The van der Waals surface area contributed by atoms with Gasteiger partial charge in [-0.2, -0.15) is 0 Å². The van der Waals surface area contributed by atoms with E-state index in [2.05, 4.69) is 79.5 Å². The highest BCUT2D eigenvalue weighted by molar-refractivity contribution is 6.67. The van der Waals surface area contributed by atoms with Crippen molar-refractivity contribution in [1.29, 1.82) is 0 Å². The standard InChI is InChI=1S/C42H58BN/c1-28-25-26-38-35(27-28)39-40(33-21-9-10-22-34(33)41(39)44(38)2)42(29-15-5-3-6-16-29,30-17-7-4-8-18-30)43-36-23-13-11-19-31(36)32-20-12-14-24-37(32)43/h3-8,15-18,28,31-41H,9-14,19-27H2,1-2H3. The van der Waals surface area contributed by atoms with Crippen molar-refractivity contribution in [1.82, 2.24) is 4.90 Å². The van der Waals surface area contributed by atoms with Crippen LogP contribution in [0.3, 0.4) is 0 Å². The first-order valence-corrected chi connectivity index (χ1v) is 19.5. The molecule has 12 unspecified atom stereocenters. The molecule has 2 heterocycles. The fourth-order valence-corrected chi connectivity index (χ4v) is 15.0. The van der Waals surface area contributed by atoms with Gasteiger partial charge < -0.3 is 0 Å². The molecule has 234 valence electrons. The maximum atomic E-state index is 3.03. The molecular formula is C42H58BN. The molecular weight excluding hydrogens is 529 g/mol. The summed E-state index contributed by atoms with van der Waals surface area (Å²) in [6.07, 6.45) is 22.3. The molecule has 2 aromatic rings. The smallest absolute Gasteiger partial charge is 0.165 e. The van der Waals surface area contributed by atoms with Gasteiger partial charge in [0.1, 0.15) is 0 Å². The summed E-state index contributed by atoms with van der Waals surface area (Å²) in [5, 5.41) is 0.135. The molecule has 2 aliphatic heterocycles. The lowest BCUT2D eigenvalue weighted by Gasteiger charge is -2.54. The summed E-state index contributed by atoms with van der Waals surface area (Å²) in [5.74, 6) is 9.00. The van der Waals surface area contributed by atoms with Gasteiger partial charge in [-0.3, -0.25) is 4.90 Å². The van der Waals surface area contributed by atoms with E-state index in [4.69, 9.17) is 0 Å². The second kappa shape index (κ2) is 11.3. The molecule has 12 atom stereocenters. The molecule has 0 spiro atoms. The highest BCUT2D eigenvalue weighted by Gasteiger charge is 2.71. The monoisotopic (exact) mass is 587 g/mol. The minimum absolute atomic E-state index is 0.135. The van der Waals surface area contributed by atoms with Gasteiger partial charge in [-0.25, -0.2) is 0 Å². The minimum atomic E-state index is 0.135. The predicted octanol–water partition coefficient (Wildman–Crippen LogP) is 10.3. The van der Waals surface area contributed by atoms with Gasteiger partial charge in [0.05, 0.1) is 0 Å². The Morgan fingerprint density at radius 3 is 1.70 bits per heavy atom. The van der Waals surface area contributed by atoms with E-state index >= 15 is 0 Å². The first kappa shape index (κ1) is 28.7. The first-order valence-electron chi connectivity index (χ1n) is 19.5. The molecule has 0 aromatic heterocycles. The van der Waals surface area contributed by atoms with E-state index in [9.17, 15) is 0 Å². The molecule has 0 N–H and O–H groups in total. The van der Waals surface area contributed by atoms with Gasteiger partial charge in [0, 0.05) is 17.4 Å². The number of hydrogen-bond acceptors (Lipinski definition) is 1. The highest BCUT2D eigenvalue weighted by atomic mass is 15.2. The van der Waals surface area contributed by atoms with E-state index in [0.29, 0.717) is 0 Å². The maximum Gasteiger partial charge on any atom is 0.165 e. The van der Waals surface area contributed by atoms with Crippen molar-refractivity contribution in [3.05, 3.63) is 71.8 Å². The summed E-state index contributed by atoms with van der Waals surface area (Å²) in [7, 11) is 2.60. The minimum Gasteiger partial charge on any atom is -0.300 e. The van der Waals surface area contributed by atoms with E-state index < -0.39 is 0 Å². The normalized spacial score (nSPS) is 43.5. The van der Waals surface area contributed by atoms with Crippen LogP contribution < -0.4 is 0 Å². The van der Waals surface area contributed by atoms with Gasteiger partial charge in [-0.05, 0) is 97.6 Å². The number of likely N-dealkylation sites (tertiary alicyclic amines) is 1. The fraction of sp³-hybridized carbons (Fsp3) is 0.714. The Balaban J connectivity index is 1.32. The van der Waals surface area contributed by atoms with Crippen LogP contribution in [0.25, 0.3) is 0 Å². The van der Waals surface area contributed by atoms with Crippen LogP contribution in [-0.4, -0.2) is 30.7 Å². The van der Waals surface area contributed by atoms with Crippen LogP contribution in [0.1, 0.15) is 114 Å². The van der Waals surface area contributed by atoms with Crippen LogP contribution in [0.5, 0.6) is 0 Å². The molecule has 0 amide bonds. The lowest BCUT2D eigenvalue weighted by molar-refractivity contribution is 0.0838. The van der Waals surface area contributed by atoms with E-state index in [1.807, 2.05) is 0 Å². The Bertz CT molecular complexity index is 1230. The molecule has 9 rings (SSSR count). The third-order valence-electron chi connectivity index (χ3n) is 16.0. The van der Waals surface area contributed by atoms with E-state index in [0.717, 1.165) is 77.8 Å². The molecule has 5 aliphatic carbocycles. The zero-order valence-corrected chi connectivity index (χ0v) is 27.8. The van der Waals surface area contributed by atoms with Crippen LogP contribution in [0.2, 0.25) is 11.6 Å². The second-order valence-electron chi connectivity index (χ2n) is 17.4. The zero-order chi connectivity index (χ0) is 29.4. The summed E-state index contributed by atoms with van der Waals surface area (Å²) < 4.78 is 0. The van der Waals surface area contributed by atoms with Crippen molar-refractivity contribution >= 4 is 6.71 Å². The SMILES string of the molecule is CC1CCC2C(C1)C1C(C3CCCCC3C1C(B1C3CCCCC3C3CCCCC13)(c1ccccc1)c1ccccc1)N2C. The van der Waals surface area contributed by atoms with Crippen molar-refractivity contribution in [3.63, 3.8) is 0 Å². The average Bonchev–Trinajstić information content (AvgIpc) is 3.70. The molecule has 2 heteroatoms. The predicted molar refractivity (Wildman–Crippen MR) is 185 cm³/mol. The average molecular weight is 588 g/mol. The fourth-order valence-electron chi connectivity index (χ4n) is 15.0. The molecule has 1 nitrogen and oxygen atoms in total. The van der Waals surface area contributed by atoms with E-state index in [-0.39, 0.29) is 5.31 Å². The Morgan fingerprint density at radius 1 is 0.591 bits per heavy atom. The second-order valence-corrected chi connectivity index (χ2v) is 17.4. The number of nitrogens with zero attached hydrogens (tertiary/aromatic N) is 1. The highest BCUT2D eigenvalue weighted by Crippen LogP contribution is 2.71. The largest absolute Gasteiger partial charge is 0.300 e. The molecule has 0 bridgehead atoms. The van der Waals surface area contributed by atoms with Gasteiger partial charge in [0.25, 0.3) is 0 Å². The summed E-state index contributed by atoms with van der Waals surface area (Å²) >= 11 is 0. The molecule has 7 aliphatic rings. The number of benzene rings is 2. The van der Waals surface area contributed by atoms with E-state index in [1.54, 1.807) is 11.1 Å². The molecule has 2 saturated heterocycles. The third-order valence-corrected chi connectivity index (χ3v) is 16.0. The van der Waals surface area contributed by atoms with Gasteiger partial charge in [0.2, 0.25) is 0 Å². The Hall–Kier alpha value is -1.54. The van der Waals surface area contributed by atoms with Gasteiger partial charge >= 0.3 is 0 Å². The quantitative estimate of drug-likeness (QED) is 0.322. The molecule has 0 radical (unpaired) electrons. The number of fused-ring (bicyclic) bond motifs is 8. The lowest BCUT2D eigenvalue weighted by atomic mass is 9.18. The number of rotatable bonds is 4. The first-order chi connectivity index (χ1) is 21.7. The topological polar surface area (TPSA) is 3.24 Å². The molecule has 5 saturated carbocycles. The summed E-state index contributed by atoms with van der Waals surface area (Å²) in [5.41, 5.74) is 3.44. The summed E-state index contributed by atoms with van der Waals surface area (Å²) in [6.45, 7) is 3.40. The third kappa shape index (κ3) is 4.07. The Kier molecular flexibility index (Phi) is 7.37. The van der Waals surface area contributed by atoms with Crippen molar-refractivity contribution in [3.8, 4) is 0 Å². The van der Waals surface area contributed by atoms with Gasteiger partial charge in [0.15, 0.2) is 6.71 Å². The summed E-state index contributed by atoms with van der Waals surface area (Å²) in [4.78, 5) is 3.03. The van der Waals surface area contributed by atoms with E-state index in [1.165, 1.54) is 96.3 Å². The van der Waals surface area contributed by atoms with Crippen molar-refractivity contribution in [2.45, 2.75) is 132 Å². The Morgan fingerprint density at radius 2 is 1.11 bits per heavy atom. The maximum absolute atomic E-state index is 3.03. The number of hydrogen-bond donors (Lipinski definition) is 0. The molecule has 7 fully saturated rings. The van der Waals surface area contributed by atoms with Crippen molar-refractivity contribution in [2.75, 3.05) is 7.05 Å². The zero-order valence-electron chi connectivity index (χ0n) is 27.8. The van der Waals surface area contributed by atoms with Gasteiger partial charge in [-0.1, -0.05) is 143 Å². The van der Waals surface area contributed by atoms with Crippen molar-refractivity contribution in [2.24, 2.45) is 47.3 Å². The van der Waals surface area contributed by atoms with Crippen LogP contribution >= 0.6 is 0 Å². The molecule has 44 heavy (non-hydrogen) atoms.